The Bertz CT molecular complexity index is 343. The lowest BCUT2D eigenvalue weighted by Gasteiger charge is -2.28. The topological polar surface area (TPSA) is 49.5 Å². The highest BCUT2D eigenvalue weighted by molar-refractivity contribution is 7.80. The average molecular weight is 252 g/mol. The minimum atomic E-state index is 0.147. The molecule has 0 amide bonds. The van der Waals surface area contributed by atoms with Gasteiger partial charge >= 0.3 is 0 Å². The monoisotopic (exact) mass is 252 g/mol. The van der Waals surface area contributed by atoms with Gasteiger partial charge in [0.15, 0.2) is 0 Å². The van der Waals surface area contributed by atoms with Crippen molar-refractivity contribution in [1.82, 2.24) is 4.90 Å². The van der Waals surface area contributed by atoms with Gasteiger partial charge in [0.1, 0.15) is 0 Å². The number of hydrogen-bond donors (Lipinski definition) is 2. The van der Waals surface area contributed by atoms with Crippen LogP contribution in [0.15, 0.2) is 30.3 Å². The highest BCUT2D eigenvalue weighted by atomic mass is 32.1. The number of hydrogen-bond acceptors (Lipinski definition) is 3. The quantitative estimate of drug-likeness (QED) is 0.723. The van der Waals surface area contributed by atoms with E-state index in [2.05, 4.69) is 24.0 Å². The van der Waals surface area contributed by atoms with Gasteiger partial charge in [-0.2, -0.15) is 0 Å². The van der Waals surface area contributed by atoms with Crippen LogP contribution in [0.2, 0.25) is 0 Å². The molecule has 4 heteroatoms. The second-order valence-electron chi connectivity index (χ2n) is 4.20. The first-order chi connectivity index (χ1) is 8.13. The molecule has 0 saturated heterocycles. The standard InChI is InChI=1S/C13H20N2OS/c1-11(9-13(14)17)15(7-8-16)10-12-5-3-2-4-6-12/h2-6,11,16H,7-10H2,1H3,(H2,14,17). The van der Waals surface area contributed by atoms with Crippen molar-refractivity contribution in [2.24, 2.45) is 5.73 Å². The van der Waals surface area contributed by atoms with Crippen LogP contribution in [0, 0.1) is 0 Å². The zero-order chi connectivity index (χ0) is 12.7. The Morgan fingerprint density at radius 1 is 1.41 bits per heavy atom. The predicted octanol–water partition coefficient (Wildman–Crippen LogP) is 1.55. The van der Waals surface area contributed by atoms with Gasteiger partial charge in [0.05, 0.1) is 11.6 Å². The first-order valence-electron chi connectivity index (χ1n) is 5.80. The van der Waals surface area contributed by atoms with E-state index >= 15 is 0 Å². The molecule has 1 unspecified atom stereocenters. The lowest BCUT2D eigenvalue weighted by Crippen LogP contribution is -2.37. The fraction of sp³-hybridized carbons (Fsp3) is 0.462. The van der Waals surface area contributed by atoms with Gasteiger partial charge in [-0.3, -0.25) is 4.90 Å². The van der Waals surface area contributed by atoms with Crippen molar-refractivity contribution in [1.29, 1.82) is 0 Å². The number of nitrogens with zero attached hydrogens (tertiary/aromatic N) is 1. The lowest BCUT2D eigenvalue weighted by molar-refractivity contribution is 0.154. The minimum Gasteiger partial charge on any atom is -0.395 e. The Kier molecular flexibility index (Phi) is 6.11. The fourth-order valence-electron chi connectivity index (χ4n) is 1.82. The zero-order valence-electron chi connectivity index (χ0n) is 10.2. The van der Waals surface area contributed by atoms with Crippen molar-refractivity contribution < 1.29 is 5.11 Å². The van der Waals surface area contributed by atoms with E-state index in [9.17, 15) is 0 Å². The van der Waals surface area contributed by atoms with E-state index in [0.717, 1.165) is 6.54 Å². The van der Waals surface area contributed by atoms with Gasteiger partial charge in [-0.1, -0.05) is 42.5 Å². The minimum absolute atomic E-state index is 0.147. The number of benzene rings is 1. The summed E-state index contributed by atoms with van der Waals surface area (Å²) in [6, 6.07) is 10.4. The van der Waals surface area contributed by atoms with Gasteiger partial charge in [0.2, 0.25) is 0 Å². The molecule has 0 fully saturated rings. The Morgan fingerprint density at radius 2 is 2.06 bits per heavy atom. The highest BCUT2D eigenvalue weighted by Crippen LogP contribution is 2.10. The maximum Gasteiger partial charge on any atom is 0.0742 e. The van der Waals surface area contributed by atoms with Crippen molar-refractivity contribution in [3.63, 3.8) is 0 Å². The smallest absolute Gasteiger partial charge is 0.0742 e. The molecule has 0 bridgehead atoms. The molecule has 3 N–H and O–H groups in total. The molecule has 0 radical (unpaired) electrons. The third kappa shape index (κ3) is 5.26. The van der Waals surface area contributed by atoms with Crippen LogP contribution in [0.3, 0.4) is 0 Å². The Labute approximate surface area is 108 Å². The number of thiocarbonyl (C=S) groups is 1. The summed E-state index contributed by atoms with van der Waals surface area (Å²) in [6.07, 6.45) is 0.683. The summed E-state index contributed by atoms with van der Waals surface area (Å²) in [5.41, 5.74) is 6.80. The van der Waals surface area contributed by atoms with Gasteiger partial charge < -0.3 is 10.8 Å². The summed E-state index contributed by atoms with van der Waals surface area (Å²) >= 11 is 4.93. The number of nitrogens with two attached hydrogens (primary N) is 1. The van der Waals surface area contributed by atoms with Crippen LogP contribution in [0.5, 0.6) is 0 Å². The van der Waals surface area contributed by atoms with Crippen LogP contribution in [-0.2, 0) is 6.54 Å². The molecule has 0 heterocycles. The van der Waals surface area contributed by atoms with E-state index in [4.69, 9.17) is 23.1 Å². The molecule has 17 heavy (non-hydrogen) atoms. The van der Waals surface area contributed by atoms with E-state index in [0.29, 0.717) is 18.0 Å². The Balaban J connectivity index is 2.62. The van der Waals surface area contributed by atoms with Crippen LogP contribution in [0.4, 0.5) is 0 Å². The summed E-state index contributed by atoms with van der Waals surface area (Å²) in [7, 11) is 0. The average Bonchev–Trinajstić information content (AvgIpc) is 2.29. The molecule has 94 valence electrons. The van der Waals surface area contributed by atoms with Crippen molar-refractivity contribution in [2.75, 3.05) is 13.2 Å². The molecule has 3 nitrogen and oxygen atoms in total. The summed E-state index contributed by atoms with van der Waals surface area (Å²) < 4.78 is 0. The van der Waals surface area contributed by atoms with Crippen molar-refractivity contribution in [3.05, 3.63) is 35.9 Å². The van der Waals surface area contributed by atoms with E-state index in [1.807, 2.05) is 18.2 Å². The molecule has 0 saturated carbocycles. The molecular weight excluding hydrogens is 232 g/mol. The first kappa shape index (κ1) is 14.1. The molecule has 1 aromatic carbocycles. The van der Waals surface area contributed by atoms with Gasteiger partial charge in [0.25, 0.3) is 0 Å². The summed E-state index contributed by atoms with van der Waals surface area (Å²) in [5.74, 6) is 0. The highest BCUT2D eigenvalue weighted by Gasteiger charge is 2.14. The summed E-state index contributed by atoms with van der Waals surface area (Å²) in [6.45, 7) is 3.68. The summed E-state index contributed by atoms with van der Waals surface area (Å²) in [5, 5.41) is 9.09. The second-order valence-corrected chi connectivity index (χ2v) is 4.72. The third-order valence-electron chi connectivity index (χ3n) is 2.74. The molecular formula is C13H20N2OS. The number of rotatable bonds is 7. The molecule has 1 rings (SSSR count). The maximum absolute atomic E-state index is 9.09. The molecule has 0 aromatic heterocycles. The molecule has 0 aliphatic rings. The van der Waals surface area contributed by atoms with Gasteiger partial charge in [-0.15, -0.1) is 0 Å². The van der Waals surface area contributed by atoms with Gasteiger partial charge in [-0.05, 0) is 12.5 Å². The third-order valence-corrected chi connectivity index (χ3v) is 2.90. The van der Waals surface area contributed by atoms with Crippen LogP contribution < -0.4 is 5.73 Å². The van der Waals surface area contributed by atoms with Crippen molar-refractivity contribution in [2.45, 2.75) is 25.9 Å². The molecule has 1 atom stereocenters. The predicted molar refractivity (Wildman–Crippen MR) is 74.8 cm³/mol. The van der Waals surface area contributed by atoms with E-state index in [-0.39, 0.29) is 12.6 Å². The van der Waals surface area contributed by atoms with Crippen molar-refractivity contribution in [3.8, 4) is 0 Å². The van der Waals surface area contributed by atoms with Crippen LogP contribution in [-0.4, -0.2) is 34.2 Å². The van der Waals surface area contributed by atoms with Crippen LogP contribution >= 0.6 is 12.2 Å². The van der Waals surface area contributed by atoms with Gasteiger partial charge in [-0.25, -0.2) is 0 Å². The normalized spacial score (nSPS) is 12.6. The SMILES string of the molecule is CC(CC(N)=S)N(CCO)Cc1ccccc1. The molecule has 0 aliphatic carbocycles. The molecule has 0 spiro atoms. The van der Waals surface area contributed by atoms with Gasteiger partial charge in [0, 0.05) is 25.6 Å². The second kappa shape index (κ2) is 7.37. The van der Waals surface area contributed by atoms with E-state index in [1.165, 1.54) is 5.56 Å². The fourth-order valence-corrected chi connectivity index (χ4v) is 2.06. The zero-order valence-corrected chi connectivity index (χ0v) is 11.0. The maximum atomic E-state index is 9.09. The first-order valence-corrected chi connectivity index (χ1v) is 6.21. The van der Waals surface area contributed by atoms with Crippen molar-refractivity contribution >= 4 is 17.2 Å². The molecule has 1 aromatic rings. The Hall–Kier alpha value is -0.970. The van der Waals surface area contributed by atoms with Crippen LogP contribution in [0.25, 0.3) is 0 Å². The number of aliphatic hydroxyl groups is 1. The van der Waals surface area contributed by atoms with E-state index < -0.39 is 0 Å². The summed E-state index contributed by atoms with van der Waals surface area (Å²) in [4.78, 5) is 2.71. The Morgan fingerprint density at radius 3 is 2.59 bits per heavy atom. The number of aliphatic hydroxyl groups excluding tert-OH is 1. The molecule has 0 aliphatic heterocycles. The van der Waals surface area contributed by atoms with Crippen LogP contribution in [0.1, 0.15) is 18.9 Å². The van der Waals surface area contributed by atoms with E-state index in [1.54, 1.807) is 0 Å². The lowest BCUT2D eigenvalue weighted by atomic mass is 10.1. The largest absolute Gasteiger partial charge is 0.395 e.